The smallest absolute Gasteiger partial charge is 0.393 e. The van der Waals surface area contributed by atoms with Crippen molar-refractivity contribution in [3.63, 3.8) is 0 Å². The molecule has 0 amide bonds. The first kappa shape index (κ1) is 29.9. The molecule has 6 nitrogen and oxygen atoms in total. The number of alkyl halides is 3. The molecule has 1 aliphatic heterocycles. The zero-order valence-corrected chi connectivity index (χ0v) is 23.0. The zero-order valence-electron chi connectivity index (χ0n) is 23.0. The number of aromatic nitrogens is 1. The van der Waals surface area contributed by atoms with Crippen LogP contribution in [0.5, 0.6) is 11.5 Å². The summed E-state index contributed by atoms with van der Waals surface area (Å²) in [7, 11) is 0. The highest BCUT2D eigenvalue weighted by atomic mass is 19.4. The van der Waals surface area contributed by atoms with E-state index >= 15 is 13.2 Å². The fraction of sp³-hybridized carbons (Fsp3) is 0.258. The second kappa shape index (κ2) is 11.2. The Morgan fingerprint density at radius 1 is 1.02 bits per heavy atom. The van der Waals surface area contributed by atoms with Crippen LogP contribution >= 0.6 is 0 Å². The number of carboxylic acids is 1. The van der Waals surface area contributed by atoms with E-state index in [9.17, 15) is 18.0 Å². The van der Waals surface area contributed by atoms with Crippen LogP contribution in [-0.2, 0) is 23.1 Å². The molecular weight excluding hydrogens is 576 g/mol. The number of carboxylic acid groups (broad SMARTS) is 1. The van der Waals surface area contributed by atoms with Crippen molar-refractivity contribution in [1.29, 1.82) is 0 Å². The number of halogens is 6. The SMILES string of the molecule is CC(C)(C1=CNC(c2cc(Oc3c(F)cc4[nH]ccc4c3CC(F)(F)F)ccc2F)N1)c1cccc(CCC(=O)O)c1F. The van der Waals surface area contributed by atoms with Crippen LogP contribution in [0.15, 0.2) is 66.6 Å². The van der Waals surface area contributed by atoms with E-state index in [2.05, 4.69) is 15.6 Å². The summed E-state index contributed by atoms with van der Waals surface area (Å²) in [6, 6.07) is 10.6. The van der Waals surface area contributed by atoms with Crippen molar-refractivity contribution in [2.75, 3.05) is 0 Å². The number of nitrogens with one attached hydrogen (secondary N) is 3. The van der Waals surface area contributed by atoms with E-state index in [1.54, 1.807) is 32.2 Å². The van der Waals surface area contributed by atoms with Crippen molar-refractivity contribution in [2.45, 2.75) is 50.9 Å². The Morgan fingerprint density at radius 3 is 2.51 bits per heavy atom. The number of hydrogen-bond acceptors (Lipinski definition) is 4. The maximum atomic E-state index is 15.4. The van der Waals surface area contributed by atoms with E-state index in [1.165, 1.54) is 30.5 Å². The number of rotatable bonds is 9. The van der Waals surface area contributed by atoms with E-state index in [4.69, 9.17) is 9.84 Å². The Labute approximate surface area is 242 Å². The molecule has 0 bridgehead atoms. The van der Waals surface area contributed by atoms with Gasteiger partial charge in [0.05, 0.1) is 6.42 Å². The molecule has 0 saturated carbocycles. The van der Waals surface area contributed by atoms with Gasteiger partial charge in [-0.2, -0.15) is 13.2 Å². The van der Waals surface area contributed by atoms with Crippen LogP contribution in [0.1, 0.15) is 48.7 Å². The fourth-order valence-corrected chi connectivity index (χ4v) is 5.21. The quantitative estimate of drug-likeness (QED) is 0.149. The van der Waals surface area contributed by atoms with Gasteiger partial charge in [0.25, 0.3) is 0 Å². The number of hydrogen-bond donors (Lipinski definition) is 4. The number of allylic oxidation sites excluding steroid dienone is 1. The van der Waals surface area contributed by atoms with Gasteiger partial charge >= 0.3 is 12.1 Å². The standard InChI is InChI=1S/C31H27F6N3O3/c1-30(2,21-5-3-4-16(27(21)34)6-9-26(41)42)25-15-39-29(40-25)19-12-17(7-8-22(19)32)43-28-20(14-31(35,36)37)18-10-11-38-24(18)13-23(28)33/h3-5,7-8,10-13,15,29,38-40H,6,9,14H2,1-2H3,(H,41,42). The Morgan fingerprint density at radius 2 is 1.79 bits per heavy atom. The number of fused-ring (bicyclic) bond motifs is 1. The highest BCUT2D eigenvalue weighted by Crippen LogP contribution is 2.40. The second-order valence-electron chi connectivity index (χ2n) is 10.8. The minimum atomic E-state index is -4.65. The molecule has 1 unspecified atom stereocenters. The summed E-state index contributed by atoms with van der Waals surface area (Å²) in [5.74, 6) is -4.00. The van der Waals surface area contributed by atoms with E-state index < -0.39 is 58.9 Å². The van der Waals surface area contributed by atoms with Crippen LogP contribution in [0.25, 0.3) is 10.9 Å². The molecule has 4 aromatic rings. The maximum absolute atomic E-state index is 15.4. The summed E-state index contributed by atoms with van der Waals surface area (Å²) >= 11 is 0. The lowest BCUT2D eigenvalue weighted by molar-refractivity contribution is -0.137. The summed E-state index contributed by atoms with van der Waals surface area (Å²) in [5, 5.41) is 15.2. The number of H-pyrrole nitrogens is 1. The number of aryl methyl sites for hydroxylation is 1. The first-order chi connectivity index (χ1) is 20.2. The van der Waals surface area contributed by atoms with Crippen molar-refractivity contribution in [3.8, 4) is 11.5 Å². The van der Waals surface area contributed by atoms with Gasteiger partial charge in [0, 0.05) is 58.0 Å². The highest BCUT2D eigenvalue weighted by molar-refractivity contribution is 5.85. The Hall–Kier alpha value is -4.61. The molecule has 3 aromatic carbocycles. The lowest BCUT2D eigenvalue weighted by Gasteiger charge is -2.29. The second-order valence-corrected chi connectivity index (χ2v) is 10.8. The topological polar surface area (TPSA) is 86.4 Å². The zero-order chi connectivity index (χ0) is 31.1. The summed E-state index contributed by atoms with van der Waals surface area (Å²) in [4.78, 5) is 13.7. The molecular formula is C31H27F6N3O3. The molecule has 0 aliphatic carbocycles. The largest absolute Gasteiger partial charge is 0.481 e. The van der Waals surface area contributed by atoms with Crippen LogP contribution in [-0.4, -0.2) is 22.2 Å². The van der Waals surface area contributed by atoms with E-state index in [-0.39, 0.29) is 40.6 Å². The van der Waals surface area contributed by atoms with Crippen molar-refractivity contribution in [1.82, 2.24) is 15.6 Å². The number of aromatic amines is 1. The molecule has 1 atom stereocenters. The number of aliphatic carboxylic acids is 1. The fourth-order valence-electron chi connectivity index (χ4n) is 5.21. The van der Waals surface area contributed by atoms with Gasteiger partial charge in [0.15, 0.2) is 11.6 Å². The number of benzene rings is 3. The Balaban J connectivity index is 1.41. The summed E-state index contributed by atoms with van der Waals surface area (Å²) in [5.41, 5.74) is -0.121. The molecule has 0 saturated heterocycles. The monoisotopic (exact) mass is 603 g/mol. The first-order valence-electron chi connectivity index (χ1n) is 13.3. The van der Waals surface area contributed by atoms with E-state index in [1.807, 2.05) is 0 Å². The summed E-state index contributed by atoms with van der Waals surface area (Å²) in [6.45, 7) is 3.49. The minimum Gasteiger partial charge on any atom is -0.481 e. The summed E-state index contributed by atoms with van der Waals surface area (Å²) in [6.07, 6.45) is -4.23. The molecule has 1 aromatic heterocycles. The van der Waals surface area contributed by atoms with Gasteiger partial charge in [0.2, 0.25) is 0 Å². The van der Waals surface area contributed by atoms with Crippen LogP contribution in [0.3, 0.4) is 0 Å². The van der Waals surface area contributed by atoms with Crippen LogP contribution in [0, 0.1) is 17.5 Å². The van der Waals surface area contributed by atoms with Crippen molar-refractivity contribution in [2.24, 2.45) is 0 Å². The van der Waals surface area contributed by atoms with Crippen molar-refractivity contribution in [3.05, 3.63) is 106 Å². The molecule has 226 valence electrons. The van der Waals surface area contributed by atoms with E-state index in [0.717, 1.165) is 12.1 Å². The van der Waals surface area contributed by atoms with Gasteiger partial charge in [0.1, 0.15) is 23.5 Å². The molecule has 2 heterocycles. The maximum Gasteiger partial charge on any atom is 0.393 e. The van der Waals surface area contributed by atoms with Gasteiger partial charge in [-0.1, -0.05) is 32.0 Å². The van der Waals surface area contributed by atoms with Crippen LogP contribution in [0.2, 0.25) is 0 Å². The average molecular weight is 604 g/mol. The highest BCUT2D eigenvalue weighted by Gasteiger charge is 2.35. The number of carbonyl (C=O) groups is 1. The molecule has 4 N–H and O–H groups in total. The number of ether oxygens (including phenoxy) is 1. The van der Waals surface area contributed by atoms with Gasteiger partial charge in [-0.25, -0.2) is 13.2 Å². The van der Waals surface area contributed by atoms with Gasteiger partial charge in [-0.15, -0.1) is 0 Å². The van der Waals surface area contributed by atoms with Gasteiger partial charge < -0.3 is 25.5 Å². The van der Waals surface area contributed by atoms with E-state index in [0.29, 0.717) is 11.3 Å². The average Bonchev–Trinajstić information content (AvgIpc) is 3.61. The predicted octanol–water partition coefficient (Wildman–Crippen LogP) is 7.51. The van der Waals surface area contributed by atoms with Gasteiger partial charge in [-0.3, -0.25) is 4.79 Å². The molecule has 5 rings (SSSR count). The first-order valence-corrected chi connectivity index (χ1v) is 13.3. The molecule has 0 spiro atoms. The third-order valence-electron chi connectivity index (χ3n) is 7.47. The third kappa shape index (κ3) is 6.13. The van der Waals surface area contributed by atoms with Gasteiger partial charge in [-0.05, 0) is 41.8 Å². The molecule has 0 radical (unpaired) electrons. The predicted molar refractivity (Wildman–Crippen MR) is 147 cm³/mol. The Bertz CT molecular complexity index is 1730. The lowest BCUT2D eigenvalue weighted by Crippen LogP contribution is -2.32. The Kier molecular flexibility index (Phi) is 7.80. The molecule has 0 fully saturated rings. The molecule has 43 heavy (non-hydrogen) atoms. The lowest BCUT2D eigenvalue weighted by atomic mass is 9.80. The summed E-state index contributed by atoms with van der Waals surface area (Å²) < 4.78 is 91.3. The third-order valence-corrected chi connectivity index (χ3v) is 7.47. The van der Waals surface area contributed by atoms with Crippen LogP contribution < -0.4 is 15.4 Å². The van der Waals surface area contributed by atoms with Crippen molar-refractivity contribution < 1.29 is 41.0 Å². The van der Waals surface area contributed by atoms with Crippen molar-refractivity contribution >= 4 is 16.9 Å². The normalized spacial score (nSPS) is 15.3. The van der Waals surface area contributed by atoms with Crippen LogP contribution in [0.4, 0.5) is 26.3 Å². The minimum absolute atomic E-state index is 0.0126. The molecule has 12 heteroatoms. The molecule has 1 aliphatic rings.